The van der Waals surface area contributed by atoms with Crippen molar-refractivity contribution in [1.82, 2.24) is 14.8 Å². The van der Waals surface area contributed by atoms with Crippen LogP contribution in [0.15, 0.2) is 30.5 Å². The number of likely N-dealkylation sites (N-methyl/N-ethyl adjacent to an activating group) is 1. The first-order chi connectivity index (χ1) is 10.0. The van der Waals surface area contributed by atoms with Gasteiger partial charge in [0.1, 0.15) is 6.54 Å². The number of H-pyrrole nitrogens is 1. The number of fused-ring (bicyclic) bond motifs is 1. The molecule has 0 aliphatic carbocycles. The van der Waals surface area contributed by atoms with E-state index in [1.807, 2.05) is 31.3 Å². The zero-order valence-corrected chi connectivity index (χ0v) is 12.7. The van der Waals surface area contributed by atoms with E-state index in [9.17, 15) is 9.59 Å². The summed E-state index contributed by atoms with van der Waals surface area (Å²) < 4.78 is 0. The third-order valence-electron chi connectivity index (χ3n) is 3.41. The van der Waals surface area contributed by atoms with Gasteiger partial charge in [0.05, 0.1) is 0 Å². The van der Waals surface area contributed by atoms with Gasteiger partial charge in [-0.3, -0.25) is 9.59 Å². The van der Waals surface area contributed by atoms with Crippen molar-refractivity contribution in [1.29, 1.82) is 0 Å². The van der Waals surface area contributed by atoms with Crippen molar-refractivity contribution >= 4 is 22.7 Å². The first-order valence-corrected chi connectivity index (χ1v) is 7.09. The van der Waals surface area contributed by atoms with Gasteiger partial charge in [0.15, 0.2) is 0 Å². The fraction of sp³-hybridized carbons (Fsp3) is 0.375. The molecule has 0 radical (unpaired) electrons. The van der Waals surface area contributed by atoms with Crippen molar-refractivity contribution in [2.24, 2.45) is 0 Å². The molecular weight excluding hydrogens is 266 g/mol. The molecular formula is C16H21N3O2. The maximum absolute atomic E-state index is 12.6. The van der Waals surface area contributed by atoms with Crippen LogP contribution in [0.5, 0.6) is 0 Å². The Kier molecular flexibility index (Phi) is 4.62. The monoisotopic (exact) mass is 287 g/mol. The molecule has 0 unspecified atom stereocenters. The Hall–Kier alpha value is -2.30. The summed E-state index contributed by atoms with van der Waals surface area (Å²) in [6, 6.07) is 7.52. The summed E-state index contributed by atoms with van der Waals surface area (Å²) in [6.45, 7) is 2.68. The van der Waals surface area contributed by atoms with Crippen LogP contribution in [-0.4, -0.2) is 53.8 Å². The molecule has 0 saturated carbocycles. The molecule has 2 aromatic rings. The van der Waals surface area contributed by atoms with Gasteiger partial charge < -0.3 is 14.8 Å². The number of nitrogens with one attached hydrogen (secondary N) is 1. The number of carbonyl (C=O) groups excluding carboxylic acids is 2. The Morgan fingerprint density at radius 3 is 2.62 bits per heavy atom. The quantitative estimate of drug-likeness (QED) is 0.915. The van der Waals surface area contributed by atoms with Gasteiger partial charge in [-0.25, -0.2) is 0 Å². The van der Waals surface area contributed by atoms with Gasteiger partial charge in [0, 0.05) is 37.9 Å². The SMILES string of the molecule is CCCN(CC(=O)N(C)C)C(=O)c1ccc2cc[nH]c2c1. The normalized spacial score (nSPS) is 10.6. The van der Waals surface area contributed by atoms with E-state index in [0.29, 0.717) is 12.1 Å². The summed E-state index contributed by atoms with van der Waals surface area (Å²) in [7, 11) is 3.39. The summed E-state index contributed by atoms with van der Waals surface area (Å²) in [5.41, 5.74) is 1.53. The van der Waals surface area contributed by atoms with E-state index in [2.05, 4.69) is 4.98 Å². The van der Waals surface area contributed by atoms with Gasteiger partial charge in [-0.1, -0.05) is 13.0 Å². The summed E-state index contributed by atoms with van der Waals surface area (Å²) >= 11 is 0. The molecule has 2 amide bonds. The van der Waals surface area contributed by atoms with Crippen molar-refractivity contribution < 1.29 is 9.59 Å². The highest BCUT2D eigenvalue weighted by molar-refractivity contribution is 5.99. The van der Waals surface area contributed by atoms with Crippen LogP contribution in [0.25, 0.3) is 10.9 Å². The minimum atomic E-state index is -0.108. The van der Waals surface area contributed by atoms with E-state index in [0.717, 1.165) is 17.3 Å². The Bertz CT molecular complexity index is 646. The molecule has 1 aromatic carbocycles. The Labute approximate surface area is 124 Å². The van der Waals surface area contributed by atoms with Crippen molar-refractivity contribution in [3.05, 3.63) is 36.0 Å². The molecule has 21 heavy (non-hydrogen) atoms. The Balaban J connectivity index is 2.22. The summed E-state index contributed by atoms with van der Waals surface area (Å²) in [5.74, 6) is -0.179. The maximum atomic E-state index is 12.6. The van der Waals surface area contributed by atoms with E-state index >= 15 is 0 Å². The maximum Gasteiger partial charge on any atom is 0.254 e. The zero-order valence-electron chi connectivity index (χ0n) is 12.7. The van der Waals surface area contributed by atoms with Gasteiger partial charge in [0.25, 0.3) is 5.91 Å². The highest BCUT2D eigenvalue weighted by Crippen LogP contribution is 2.16. The molecule has 0 spiro atoms. The standard InChI is InChI=1S/C16H21N3O2/c1-4-9-19(11-15(20)18(2)3)16(21)13-6-5-12-7-8-17-14(12)10-13/h5-8,10,17H,4,9,11H2,1-3H3. The third-order valence-corrected chi connectivity index (χ3v) is 3.41. The molecule has 0 bridgehead atoms. The highest BCUT2D eigenvalue weighted by Gasteiger charge is 2.19. The van der Waals surface area contributed by atoms with Crippen LogP contribution in [0, 0.1) is 0 Å². The third kappa shape index (κ3) is 3.42. The second-order valence-electron chi connectivity index (χ2n) is 5.29. The fourth-order valence-electron chi connectivity index (χ4n) is 2.19. The Morgan fingerprint density at radius 1 is 1.19 bits per heavy atom. The van der Waals surface area contributed by atoms with Crippen LogP contribution in [-0.2, 0) is 4.79 Å². The molecule has 0 aliphatic heterocycles. The van der Waals surface area contributed by atoms with Crippen molar-refractivity contribution in [2.75, 3.05) is 27.2 Å². The summed E-state index contributed by atoms with van der Waals surface area (Å²) in [5, 5.41) is 1.07. The second-order valence-corrected chi connectivity index (χ2v) is 5.29. The molecule has 1 heterocycles. The largest absolute Gasteiger partial charge is 0.361 e. The lowest BCUT2D eigenvalue weighted by molar-refractivity contribution is -0.129. The van der Waals surface area contributed by atoms with E-state index in [4.69, 9.17) is 0 Å². The van der Waals surface area contributed by atoms with Gasteiger partial charge >= 0.3 is 0 Å². The Morgan fingerprint density at radius 2 is 1.95 bits per heavy atom. The van der Waals surface area contributed by atoms with E-state index in [1.165, 1.54) is 4.90 Å². The second kappa shape index (κ2) is 6.43. The van der Waals surface area contributed by atoms with Gasteiger partial charge in [-0.15, -0.1) is 0 Å². The number of carbonyl (C=O) groups is 2. The number of aromatic nitrogens is 1. The fourth-order valence-corrected chi connectivity index (χ4v) is 2.19. The number of hydrogen-bond donors (Lipinski definition) is 1. The number of rotatable bonds is 5. The number of amides is 2. The van der Waals surface area contributed by atoms with Crippen molar-refractivity contribution in [3.63, 3.8) is 0 Å². The van der Waals surface area contributed by atoms with Crippen LogP contribution in [0.2, 0.25) is 0 Å². The van der Waals surface area contributed by atoms with Gasteiger partial charge in [0.2, 0.25) is 5.91 Å². The van der Waals surface area contributed by atoms with Crippen LogP contribution in [0.1, 0.15) is 23.7 Å². The van der Waals surface area contributed by atoms with E-state index < -0.39 is 0 Å². The molecule has 5 nitrogen and oxygen atoms in total. The van der Waals surface area contributed by atoms with Crippen LogP contribution in [0.3, 0.4) is 0 Å². The topological polar surface area (TPSA) is 56.4 Å². The molecule has 5 heteroatoms. The number of nitrogens with zero attached hydrogens (tertiary/aromatic N) is 2. The molecule has 0 atom stereocenters. The number of benzene rings is 1. The minimum Gasteiger partial charge on any atom is -0.361 e. The van der Waals surface area contributed by atoms with Crippen LogP contribution in [0.4, 0.5) is 0 Å². The average molecular weight is 287 g/mol. The number of aromatic amines is 1. The molecule has 112 valence electrons. The van der Waals surface area contributed by atoms with Crippen molar-refractivity contribution in [3.8, 4) is 0 Å². The minimum absolute atomic E-state index is 0.0715. The summed E-state index contributed by atoms with van der Waals surface area (Å²) in [4.78, 5) is 30.7. The number of hydrogen-bond acceptors (Lipinski definition) is 2. The van der Waals surface area contributed by atoms with Crippen LogP contribution >= 0.6 is 0 Å². The predicted molar refractivity (Wildman–Crippen MR) is 83.2 cm³/mol. The van der Waals surface area contributed by atoms with Gasteiger partial charge in [-0.2, -0.15) is 0 Å². The van der Waals surface area contributed by atoms with Gasteiger partial charge in [-0.05, 0) is 30.0 Å². The molecule has 0 aliphatic rings. The molecule has 1 N–H and O–H groups in total. The van der Waals surface area contributed by atoms with Crippen molar-refractivity contribution in [2.45, 2.75) is 13.3 Å². The predicted octanol–water partition coefficient (Wildman–Crippen LogP) is 2.11. The summed E-state index contributed by atoms with van der Waals surface area (Å²) in [6.07, 6.45) is 2.66. The first kappa shape index (κ1) is 15.1. The lowest BCUT2D eigenvalue weighted by Gasteiger charge is -2.23. The molecule has 0 saturated heterocycles. The molecule has 1 aromatic heterocycles. The highest BCUT2D eigenvalue weighted by atomic mass is 16.2. The van der Waals surface area contributed by atoms with E-state index in [-0.39, 0.29) is 18.4 Å². The molecule has 0 fully saturated rings. The van der Waals surface area contributed by atoms with E-state index in [1.54, 1.807) is 25.1 Å². The first-order valence-electron chi connectivity index (χ1n) is 7.09. The lowest BCUT2D eigenvalue weighted by atomic mass is 10.1. The molecule has 2 rings (SSSR count). The van der Waals surface area contributed by atoms with Crippen LogP contribution < -0.4 is 0 Å². The smallest absolute Gasteiger partial charge is 0.254 e. The lowest BCUT2D eigenvalue weighted by Crippen LogP contribution is -2.40. The average Bonchev–Trinajstić information content (AvgIpc) is 2.93. The zero-order chi connectivity index (χ0) is 15.4.